The van der Waals surface area contributed by atoms with Crippen LogP contribution >= 0.6 is 0 Å². The monoisotopic (exact) mass is 491 g/mol. The van der Waals surface area contributed by atoms with Gasteiger partial charge in [0.15, 0.2) is 11.5 Å². The molecule has 1 atom stereocenters. The molecule has 1 saturated heterocycles. The first-order chi connectivity index (χ1) is 15.6. The first kappa shape index (κ1) is 24.0. The summed E-state index contributed by atoms with van der Waals surface area (Å²) in [5, 5.41) is 11.4. The number of rotatable bonds is 7. The van der Waals surface area contributed by atoms with E-state index >= 15 is 0 Å². The minimum absolute atomic E-state index is 0.0425. The molecule has 0 aromatic carbocycles. The van der Waals surface area contributed by atoms with Gasteiger partial charge in [-0.05, 0) is 32.6 Å². The van der Waals surface area contributed by atoms with Gasteiger partial charge in [-0.3, -0.25) is 5.10 Å². The number of anilines is 2. The van der Waals surface area contributed by atoms with Crippen LogP contribution < -0.4 is 14.9 Å². The molecule has 2 aliphatic rings. The lowest BCUT2D eigenvalue weighted by Crippen LogP contribution is -2.41. The fraction of sp³-hybridized carbons (Fsp3) is 0.737. The largest absolute Gasteiger partial charge is 0.390 e. The molecule has 184 valence electrons. The van der Waals surface area contributed by atoms with Crippen molar-refractivity contribution in [2.24, 2.45) is 0 Å². The average Bonchev–Trinajstić information content (AvgIpc) is 3.17. The van der Waals surface area contributed by atoms with Gasteiger partial charge in [-0.15, -0.1) is 0 Å². The lowest BCUT2D eigenvalue weighted by atomic mass is 9.92. The highest BCUT2D eigenvalue weighted by Crippen LogP contribution is 2.26. The van der Waals surface area contributed by atoms with Crippen molar-refractivity contribution in [1.82, 2.24) is 24.9 Å². The van der Waals surface area contributed by atoms with Crippen LogP contribution in [0.3, 0.4) is 0 Å². The topological polar surface area (TPSA) is 125 Å². The Balaban J connectivity index is 1.30. The van der Waals surface area contributed by atoms with Gasteiger partial charge in [0.2, 0.25) is 16.0 Å². The number of halogens is 3. The number of nitrogens with zero attached hydrogens (tertiary/aromatic N) is 4. The normalized spacial score (nSPS) is 24.8. The number of hydrogen-bond donors (Lipinski definition) is 3. The van der Waals surface area contributed by atoms with Gasteiger partial charge in [0.1, 0.15) is 0 Å². The third-order valence-corrected chi connectivity index (χ3v) is 7.33. The zero-order valence-electron chi connectivity index (χ0n) is 18.2. The van der Waals surface area contributed by atoms with E-state index in [1.165, 1.54) is 0 Å². The highest BCUT2D eigenvalue weighted by Gasteiger charge is 2.32. The highest BCUT2D eigenvalue weighted by molar-refractivity contribution is 7.89. The molecule has 2 aromatic rings. The van der Waals surface area contributed by atoms with E-state index in [2.05, 4.69) is 35.1 Å². The molecule has 4 rings (SSSR count). The quantitative estimate of drug-likeness (QED) is 0.538. The van der Waals surface area contributed by atoms with E-state index in [9.17, 15) is 21.6 Å². The lowest BCUT2D eigenvalue weighted by Gasteiger charge is -2.31. The molecule has 0 bridgehead atoms. The molecule has 0 spiro atoms. The first-order valence-corrected chi connectivity index (χ1v) is 12.6. The maximum atomic E-state index is 12.3. The van der Waals surface area contributed by atoms with Gasteiger partial charge < -0.3 is 15.0 Å². The number of morpholine rings is 1. The fourth-order valence-corrected chi connectivity index (χ4v) is 5.58. The smallest absolute Gasteiger partial charge is 0.375 e. The van der Waals surface area contributed by atoms with Gasteiger partial charge in [-0.2, -0.15) is 23.3 Å². The zero-order valence-corrected chi connectivity index (χ0v) is 19.0. The summed E-state index contributed by atoms with van der Waals surface area (Å²) in [5.41, 5.74) is 0.618. The molecule has 1 aliphatic carbocycles. The van der Waals surface area contributed by atoms with Crippen molar-refractivity contribution >= 4 is 32.8 Å². The summed E-state index contributed by atoms with van der Waals surface area (Å²) in [7, 11) is -3.96. The van der Waals surface area contributed by atoms with Crippen LogP contribution in [0.4, 0.5) is 24.9 Å². The number of fused-ring (bicyclic) bond motifs is 1. The minimum Gasteiger partial charge on any atom is -0.375 e. The van der Waals surface area contributed by atoms with Gasteiger partial charge in [-0.25, -0.2) is 18.1 Å². The Morgan fingerprint density at radius 2 is 1.97 bits per heavy atom. The van der Waals surface area contributed by atoms with Crippen molar-refractivity contribution < 1.29 is 26.3 Å². The Morgan fingerprint density at radius 1 is 1.24 bits per heavy atom. The average molecular weight is 492 g/mol. The van der Waals surface area contributed by atoms with Crippen LogP contribution in [0.5, 0.6) is 0 Å². The van der Waals surface area contributed by atoms with E-state index in [1.807, 2.05) is 6.92 Å². The summed E-state index contributed by atoms with van der Waals surface area (Å²) >= 11 is 0. The van der Waals surface area contributed by atoms with Crippen LogP contribution in [0.2, 0.25) is 0 Å². The maximum Gasteiger partial charge on any atom is 0.390 e. The van der Waals surface area contributed by atoms with Crippen LogP contribution in [0, 0.1) is 0 Å². The number of hydrogen-bond acceptors (Lipinski definition) is 8. The second-order valence-electron chi connectivity index (χ2n) is 8.63. The molecule has 1 saturated carbocycles. The molecule has 33 heavy (non-hydrogen) atoms. The molecule has 10 nitrogen and oxygen atoms in total. The summed E-state index contributed by atoms with van der Waals surface area (Å²) in [6.45, 7) is 4.13. The van der Waals surface area contributed by atoms with E-state index in [0.29, 0.717) is 43.9 Å². The minimum atomic E-state index is -4.49. The summed E-state index contributed by atoms with van der Waals surface area (Å²) in [5.74, 6) is 0.296. The molecule has 3 heterocycles. The van der Waals surface area contributed by atoms with E-state index in [1.54, 1.807) is 6.20 Å². The van der Waals surface area contributed by atoms with Crippen molar-refractivity contribution in [2.75, 3.05) is 35.7 Å². The van der Waals surface area contributed by atoms with E-state index in [4.69, 9.17) is 4.74 Å². The Labute approximate surface area is 189 Å². The number of H-pyrrole nitrogens is 1. The van der Waals surface area contributed by atoms with Gasteiger partial charge in [-0.1, -0.05) is 0 Å². The number of nitrogens with one attached hydrogen (secondary N) is 3. The zero-order chi connectivity index (χ0) is 23.6. The standard InChI is InChI=1S/C19H28F3N7O3S/c1-12-11-29(7-8-32-12)17-15-10-23-18(25-16(15)26-27-17)24-13-2-4-14(5-3-13)28-33(30,31)9-6-19(20,21)22/h10,12-14,28H,2-9,11H2,1H3,(H2,23,24,25,26,27)/t12-,13-,14-/m1/s1. The number of aromatic amines is 1. The van der Waals surface area contributed by atoms with Gasteiger partial charge in [0, 0.05) is 31.4 Å². The molecule has 2 fully saturated rings. The van der Waals surface area contributed by atoms with Crippen molar-refractivity contribution in [1.29, 1.82) is 0 Å². The highest BCUT2D eigenvalue weighted by atomic mass is 32.2. The fourth-order valence-electron chi connectivity index (χ4n) is 4.22. The Kier molecular flexibility index (Phi) is 6.96. The molecule has 0 unspecified atom stereocenters. The summed E-state index contributed by atoms with van der Waals surface area (Å²) in [6, 6.07) is -0.323. The van der Waals surface area contributed by atoms with Crippen LogP contribution in [-0.2, 0) is 14.8 Å². The number of aromatic nitrogens is 4. The van der Waals surface area contributed by atoms with Gasteiger partial charge in [0.25, 0.3) is 0 Å². The molecule has 0 radical (unpaired) electrons. The predicted octanol–water partition coefficient (Wildman–Crippen LogP) is 2.17. The Morgan fingerprint density at radius 3 is 2.67 bits per heavy atom. The Bertz CT molecular complexity index is 1050. The van der Waals surface area contributed by atoms with Crippen LogP contribution in [0.15, 0.2) is 6.20 Å². The van der Waals surface area contributed by atoms with E-state index in [-0.39, 0.29) is 18.2 Å². The SMILES string of the molecule is C[C@@H]1CN(c2n[nH]c3nc(N[C@H]4CC[C@H](NS(=O)(=O)CCC(F)(F)F)CC4)ncc23)CCO1. The molecular formula is C19H28F3N7O3S. The van der Waals surface area contributed by atoms with Gasteiger partial charge >= 0.3 is 6.18 Å². The number of ether oxygens (including phenoxy) is 1. The van der Waals surface area contributed by atoms with Crippen molar-refractivity contribution in [3.8, 4) is 0 Å². The second-order valence-corrected chi connectivity index (χ2v) is 10.5. The molecule has 2 aromatic heterocycles. The second kappa shape index (κ2) is 9.58. The van der Waals surface area contributed by atoms with Gasteiger partial charge in [0.05, 0.1) is 30.3 Å². The third kappa shape index (κ3) is 6.44. The molecule has 1 aliphatic heterocycles. The Hall–Kier alpha value is -2.19. The van der Waals surface area contributed by atoms with E-state index < -0.39 is 28.4 Å². The summed E-state index contributed by atoms with van der Waals surface area (Å²) in [6.07, 6.45) is -1.65. The molecule has 0 amide bonds. The first-order valence-electron chi connectivity index (χ1n) is 11.0. The van der Waals surface area contributed by atoms with Crippen LogP contribution in [0.25, 0.3) is 11.0 Å². The maximum absolute atomic E-state index is 12.3. The molecule has 14 heteroatoms. The van der Waals surface area contributed by atoms with Crippen molar-refractivity contribution in [2.45, 2.75) is 63.4 Å². The summed E-state index contributed by atoms with van der Waals surface area (Å²) in [4.78, 5) is 11.1. The number of alkyl halides is 3. The van der Waals surface area contributed by atoms with Crippen LogP contribution in [-0.4, -0.2) is 78.4 Å². The van der Waals surface area contributed by atoms with E-state index in [0.717, 1.165) is 24.3 Å². The molecular weight excluding hydrogens is 463 g/mol. The lowest BCUT2D eigenvalue weighted by molar-refractivity contribution is -0.130. The predicted molar refractivity (Wildman–Crippen MR) is 117 cm³/mol. The van der Waals surface area contributed by atoms with Crippen molar-refractivity contribution in [3.63, 3.8) is 0 Å². The van der Waals surface area contributed by atoms with Crippen LogP contribution in [0.1, 0.15) is 39.0 Å². The summed E-state index contributed by atoms with van der Waals surface area (Å²) < 4.78 is 68.7. The number of sulfonamides is 1. The van der Waals surface area contributed by atoms with Crippen molar-refractivity contribution in [3.05, 3.63) is 6.20 Å². The molecule has 3 N–H and O–H groups in total. The third-order valence-electron chi connectivity index (χ3n) is 5.90.